The zero-order valence-electron chi connectivity index (χ0n) is 22.2. The van der Waals surface area contributed by atoms with E-state index >= 15 is 0 Å². The van der Waals surface area contributed by atoms with Gasteiger partial charge in [0.25, 0.3) is 11.8 Å². The number of nitrogens with zero attached hydrogens (tertiary/aromatic N) is 1. The molecule has 0 spiro atoms. The number of nitrogens with one attached hydrogen (secondary N) is 2. The summed E-state index contributed by atoms with van der Waals surface area (Å²) in [5.74, 6) is -0.995. The van der Waals surface area contributed by atoms with Crippen molar-refractivity contribution in [3.8, 4) is 0 Å². The van der Waals surface area contributed by atoms with E-state index in [1.54, 1.807) is 31.2 Å². The monoisotopic (exact) mass is 501 g/mol. The summed E-state index contributed by atoms with van der Waals surface area (Å²) in [6, 6.07) is 5.99. The molecule has 0 radical (unpaired) electrons. The third-order valence-electron chi connectivity index (χ3n) is 6.34. The second-order valence-corrected chi connectivity index (χ2v) is 9.76. The van der Waals surface area contributed by atoms with Gasteiger partial charge in [-0.15, -0.1) is 0 Å². The fourth-order valence-electron chi connectivity index (χ4n) is 4.12. The van der Waals surface area contributed by atoms with Crippen molar-refractivity contribution in [1.82, 2.24) is 15.7 Å². The van der Waals surface area contributed by atoms with E-state index in [1.165, 1.54) is 5.06 Å². The molecular formula is C28H43N3O5. The summed E-state index contributed by atoms with van der Waals surface area (Å²) >= 11 is 0. The number of carbonyl (C=O) groups excluding carboxylic acids is 3. The van der Waals surface area contributed by atoms with Crippen LogP contribution in [0.5, 0.6) is 0 Å². The second kappa shape index (κ2) is 15.4. The van der Waals surface area contributed by atoms with Crippen LogP contribution in [0.3, 0.4) is 0 Å². The van der Waals surface area contributed by atoms with Crippen LogP contribution < -0.4 is 10.6 Å². The molecule has 0 saturated heterocycles. The molecule has 4 atom stereocenters. The normalized spacial score (nSPS) is 20.9. The van der Waals surface area contributed by atoms with Crippen LogP contribution in [0.15, 0.2) is 36.4 Å². The van der Waals surface area contributed by atoms with E-state index in [9.17, 15) is 19.5 Å². The molecule has 1 aliphatic rings. The minimum absolute atomic E-state index is 0.0910. The third-order valence-corrected chi connectivity index (χ3v) is 6.34. The minimum Gasteiger partial charge on any atom is -0.391 e. The van der Waals surface area contributed by atoms with Crippen LogP contribution in [-0.4, -0.2) is 59.7 Å². The molecule has 36 heavy (non-hydrogen) atoms. The lowest BCUT2D eigenvalue weighted by Gasteiger charge is -2.28. The fourth-order valence-corrected chi connectivity index (χ4v) is 4.12. The van der Waals surface area contributed by atoms with Crippen molar-refractivity contribution < 1.29 is 24.3 Å². The number of allylic oxidation sites excluding steroid dienone is 1. The first kappa shape index (κ1) is 29.5. The lowest BCUT2D eigenvalue weighted by atomic mass is 9.90. The van der Waals surface area contributed by atoms with Crippen LogP contribution >= 0.6 is 0 Å². The second-order valence-electron chi connectivity index (χ2n) is 9.76. The van der Waals surface area contributed by atoms with Crippen LogP contribution in [0.1, 0.15) is 86.9 Å². The van der Waals surface area contributed by atoms with Gasteiger partial charge in [-0.2, -0.15) is 0 Å². The quantitative estimate of drug-likeness (QED) is 0.333. The van der Waals surface area contributed by atoms with E-state index in [1.807, 2.05) is 19.1 Å². The Morgan fingerprint density at radius 1 is 1.22 bits per heavy atom. The highest BCUT2D eigenvalue weighted by Gasteiger charge is 2.28. The van der Waals surface area contributed by atoms with Gasteiger partial charge in [-0.05, 0) is 56.2 Å². The summed E-state index contributed by atoms with van der Waals surface area (Å²) < 4.78 is 0. The summed E-state index contributed by atoms with van der Waals surface area (Å²) in [5, 5.41) is 18.3. The van der Waals surface area contributed by atoms with Gasteiger partial charge >= 0.3 is 0 Å². The van der Waals surface area contributed by atoms with Gasteiger partial charge in [0.15, 0.2) is 0 Å². The van der Waals surface area contributed by atoms with E-state index in [4.69, 9.17) is 4.84 Å². The van der Waals surface area contributed by atoms with Gasteiger partial charge in [0.1, 0.15) is 0 Å². The standard InChI is InChI=1S/C28H43N3O5/c1-5-7-14-29-26(33)21(4)18-25(32)24-17-20(3)11-8-9-15-31(36-16-6-2)28(35)23-13-10-12-22(19-23)27(34)30-24/h8-10,12-13,19-21,24-25,32H,5-7,11,14-18H2,1-4H3,(H,29,33)(H,30,34)/t20-,21?,24?,25?/m1/s1. The van der Waals surface area contributed by atoms with E-state index in [2.05, 4.69) is 24.5 Å². The third kappa shape index (κ3) is 9.39. The Morgan fingerprint density at radius 3 is 2.69 bits per heavy atom. The molecule has 3 amide bonds. The predicted octanol–water partition coefficient (Wildman–Crippen LogP) is 3.86. The number of aliphatic hydroxyl groups excluding tert-OH is 1. The fraction of sp³-hybridized carbons (Fsp3) is 0.607. The molecule has 3 unspecified atom stereocenters. The number of benzene rings is 1. The molecule has 8 nitrogen and oxygen atoms in total. The molecule has 8 heteroatoms. The summed E-state index contributed by atoms with van der Waals surface area (Å²) in [5.41, 5.74) is 0.686. The number of carbonyl (C=O) groups is 3. The first-order valence-corrected chi connectivity index (χ1v) is 13.2. The number of hydrogen-bond donors (Lipinski definition) is 3. The molecular weight excluding hydrogens is 458 g/mol. The van der Waals surface area contributed by atoms with Crippen LogP contribution in [-0.2, 0) is 9.63 Å². The molecule has 1 aromatic carbocycles. The van der Waals surface area contributed by atoms with Gasteiger partial charge in [-0.1, -0.05) is 52.3 Å². The number of hydrogen-bond acceptors (Lipinski definition) is 5. The van der Waals surface area contributed by atoms with E-state index in [-0.39, 0.29) is 36.0 Å². The summed E-state index contributed by atoms with van der Waals surface area (Å²) in [4.78, 5) is 44.3. The van der Waals surface area contributed by atoms with Crippen LogP contribution in [0, 0.1) is 11.8 Å². The Bertz CT molecular complexity index is 888. The molecule has 0 saturated carbocycles. The van der Waals surface area contributed by atoms with Gasteiger partial charge < -0.3 is 15.7 Å². The Balaban J connectivity index is 2.22. The van der Waals surface area contributed by atoms with Crippen LogP contribution in [0.2, 0.25) is 0 Å². The number of rotatable bonds is 10. The predicted molar refractivity (Wildman–Crippen MR) is 140 cm³/mol. The number of fused-ring (bicyclic) bond motifs is 2. The van der Waals surface area contributed by atoms with Crippen molar-refractivity contribution in [2.24, 2.45) is 11.8 Å². The van der Waals surface area contributed by atoms with Gasteiger partial charge in [-0.25, -0.2) is 5.06 Å². The lowest BCUT2D eigenvalue weighted by molar-refractivity contribution is -0.125. The molecule has 0 fully saturated rings. The van der Waals surface area contributed by atoms with E-state index < -0.39 is 12.1 Å². The maximum atomic E-state index is 13.2. The maximum absolute atomic E-state index is 13.2. The summed E-state index contributed by atoms with van der Waals surface area (Å²) in [6.07, 6.45) is 7.21. The number of hydroxylamine groups is 2. The molecule has 0 aromatic heterocycles. The van der Waals surface area contributed by atoms with Crippen molar-refractivity contribution in [2.45, 2.75) is 78.4 Å². The average Bonchev–Trinajstić information content (AvgIpc) is 2.87. The smallest absolute Gasteiger partial charge is 0.277 e. The Kier molecular flexibility index (Phi) is 12.6. The average molecular weight is 502 g/mol. The van der Waals surface area contributed by atoms with Crippen molar-refractivity contribution in [3.63, 3.8) is 0 Å². The molecule has 2 bridgehead atoms. The first-order chi connectivity index (χ1) is 17.3. The van der Waals surface area contributed by atoms with Crippen molar-refractivity contribution in [2.75, 3.05) is 19.7 Å². The molecule has 1 heterocycles. The molecule has 0 aliphatic carbocycles. The van der Waals surface area contributed by atoms with E-state index in [0.717, 1.165) is 19.3 Å². The number of aliphatic hydroxyl groups is 1. The highest BCUT2D eigenvalue weighted by atomic mass is 16.7. The largest absolute Gasteiger partial charge is 0.391 e. The molecule has 1 aliphatic heterocycles. The minimum atomic E-state index is -0.886. The van der Waals surface area contributed by atoms with Crippen LogP contribution in [0.4, 0.5) is 0 Å². The van der Waals surface area contributed by atoms with Crippen LogP contribution in [0.25, 0.3) is 0 Å². The zero-order valence-corrected chi connectivity index (χ0v) is 22.2. The Labute approximate surface area is 215 Å². The van der Waals surface area contributed by atoms with Gasteiger partial charge in [-0.3, -0.25) is 19.2 Å². The number of unbranched alkanes of at least 4 members (excludes halogenated alkanes) is 1. The molecule has 1 aromatic rings. The maximum Gasteiger partial charge on any atom is 0.277 e. The number of amides is 3. The molecule has 200 valence electrons. The summed E-state index contributed by atoms with van der Waals surface area (Å²) in [7, 11) is 0. The van der Waals surface area contributed by atoms with Crippen molar-refractivity contribution >= 4 is 17.7 Å². The van der Waals surface area contributed by atoms with Gasteiger partial charge in [0.05, 0.1) is 25.3 Å². The SMILES string of the molecule is CCCCNC(=O)C(C)CC(O)C1C[C@H](C)CC=CCN(OCCC)C(=O)c2cccc(c2)C(=O)N1. The topological polar surface area (TPSA) is 108 Å². The van der Waals surface area contributed by atoms with E-state index in [0.29, 0.717) is 43.7 Å². The summed E-state index contributed by atoms with van der Waals surface area (Å²) in [6.45, 7) is 9.23. The highest BCUT2D eigenvalue weighted by Crippen LogP contribution is 2.20. The molecule has 3 N–H and O–H groups in total. The Hall–Kier alpha value is -2.71. The van der Waals surface area contributed by atoms with Crippen molar-refractivity contribution in [1.29, 1.82) is 0 Å². The lowest BCUT2D eigenvalue weighted by Crippen LogP contribution is -2.46. The zero-order chi connectivity index (χ0) is 26.5. The first-order valence-electron chi connectivity index (χ1n) is 13.2. The highest BCUT2D eigenvalue weighted by molar-refractivity contribution is 5.99. The van der Waals surface area contributed by atoms with Gasteiger partial charge in [0, 0.05) is 23.6 Å². The Morgan fingerprint density at radius 2 is 1.97 bits per heavy atom. The van der Waals surface area contributed by atoms with Crippen molar-refractivity contribution in [3.05, 3.63) is 47.5 Å². The molecule has 2 rings (SSSR count). The van der Waals surface area contributed by atoms with Gasteiger partial charge in [0.2, 0.25) is 5.91 Å².